The molecule has 2 heterocycles. The van der Waals surface area contributed by atoms with E-state index in [0.717, 1.165) is 25.1 Å². The van der Waals surface area contributed by atoms with Crippen molar-refractivity contribution in [2.45, 2.75) is 18.7 Å². The van der Waals surface area contributed by atoms with Gasteiger partial charge in [-0.3, -0.25) is 9.69 Å². The number of hydrogen-bond acceptors (Lipinski definition) is 5. The van der Waals surface area contributed by atoms with Crippen LogP contribution in [-0.4, -0.2) is 92.3 Å². The lowest BCUT2D eigenvalue weighted by molar-refractivity contribution is -0.137. The summed E-state index contributed by atoms with van der Waals surface area (Å²) >= 11 is 0. The van der Waals surface area contributed by atoms with E-state index in [0.29, 0.717) is 57.3 Å². The van der Waals surface area contributed by atoms with Crippen molar-refractivity contribution in [1.82, 2.24) is 14.7 Å². The monoisotopic (exact) mass is 520 g/mol. The number of morpholine rings is 1. The molecule has 1 N–H and O–H groups in total. The van der Waals surface area contributed by atoms with E-state index in [-0.39, 0.29) is 23.6 Å². The minimum atomic E-state index is -4.43. The summed E-state index contributed by atoms with van der Waals surface area (Å²) in [4.78, 5) is 31.3. The zero-order valence-electron chi connectivity index (χ0n) is 20.7. The van der Waals surface area contributed by atoms with E-state index < -0.39 is 11.7 Å². The van der Waals surface area contributed by atoms with Crippen LogP contribution in [0.1, 0.15) is 22.3 Å². The molecule has 0 aromatic heterocycles. The number of alkyl halides is 3. The molecule has 37 heavy (non-hydrogen) atoms. The molecular formula is C26H31F3N4O4. The number of anilines is 1. The molecule has 2 fully saturated rings. The van der Waals surface area contributed by atoms with Gasteiger partial charge in [0.1, 0.15) is 5.75 Å². The first-order chi connectivity index (χ1) is 17.7. The number of nitrogens with one attached hydrogen (secondary N) is 1. The van der Waals surface area contributed by atoms with Gasteiger partial charge in [-0.05, 0) is 49.4 Å². The first-order valence-electron chi connectivity index (χ1n) is 12.2. The lowest BCUT2D eigenvalue weighted by Crippen LogP contribution is -2.51. The lowest BCUT2D eigenvalue weighted by atomic mass is 10.1. The van der Waals surface area contributed by atoms with E-state index in [1.165, 1.54) is 12.1 Å². The van der Waals surface area contributed by atoms with Gasteiger partial charge in [-0.25, -0.2) is 4.79 Å². The third-order valence-electron chi connectivity index (χ3n) is 6.54. The number of carbonyl (C=O) groups is 2. The second-order valence-electron chi connectivity index (χ2n) is 9.12. The van der Waals surface area contributed by atoms with Gasteiger partial charge in [0.05, 0.1) is 25.4 Å². The summed E-state index contributed by atoms with van der Waals surface area (Å²) in [5.74, 6) is 0.384. The van der Waals surface area contributed by atoms with Crippen molar-refractivity contribution in [3.05, 3.63) is 59.7 Å². The van der Waals surface area contributed by atoms with Gasteiger partial charge in [0.25, 0.3) is 5.91 Å². The topological polar surface area (TPSA) is 74.3 Å². The number of amides is 3. The Hall–Kier alpha value is -3.31. The van der Waals surface area contributed by atoms with E-state index >= 15 is 0 Å². The summed E-state index contributed by atoms with van der Waals surface area (Å²) in [5, 5.41) is 2.90. The standard InChI is InChI=1S/C26H31F3N4O4/c1-36-22-5-2-4-21(16-22)30-25(35)33-14-15-37-23(18-33)17-31-10-3-11-32(13-12-31)24(34)19-6-8-20(9-7-19)26(27,28)29/h2,4-9,16,23H,3,10-15,17-18H2,1H3,(H,30,35). The van der Waals surface area contributed by atoms with Crippen LogP contribution < -0.4 is 10.1 Å². The normalized spacial score (nSPS) is 19.3. The fourth-order valence-corrected chi connectivity index (χ4v) is 4.55. The van der Waals surface area contributed by atoms with Gasteiger partial charge >= 0.3 is 12.2 Å². The predicted molar refractivity (Wildman–Crippen MR) is 132 cm³/mol. The third kappa shape index (κ3) is 7.14. The zero-order valence-corrected chi connectivity index (χ0v) is 20.7. The number of urea groups is 1. The van der Waals surface area contributed by atoms with Crippen LogP contribution in [0.4, 0.5) is 23.7 Å². The number of methoxy groups -OCH3 is 1. The highest BCUT2D eigenvalue weighted by Gasteiger charge is 2.31. The molecule has 0 aliphatic carbocycles. The fourth-order valence-electron chi connectivity index (χ4n) is 4.55. The molecule has 0 radical (unpaired) electrons. The molecule has 2 aliphatic heterocycles. The Morgan fingerprint density at radius 1 is 1.03 bits per heavy atom. The molecule has 8 nitrogen and oxygen atoms in total. The second kappa shape index (κ2) is 11.8. The first-order valence-corrected chi connectivity index (χ1v) is 12.2. The Morgan fingerprint density at radius 3 is 2.54 bits per heavy atom. The Bertz CT molecular complexity index is 1080. The fraction of sp³-hybridized carbons (Fsp3) is 0.462. The van der Waals surface area contributed by atoms with Gasteiger partial charge in [0.15, 0.2) is 0 Å². The Labute approximate surface area is 213 Å². The lowest BCUT2D eigenvalue weighted by Gasteiger charge is -2.35. The van der Waals surface area contributed by atoms with Gasteiger partial charge in [0.2, 0.25) is 0 Å². The van der Waals surface area contributed by atoms with Crippen LogP contribution in [0.2, 0.25) is 0 Å². The molecule has 1 atom stereocenters. The molecule has 2 aromatic rings. The van der Waals surface area contributed by atoms with Crippen LogP contribution >= 0.6 is 0 Å². The van der Waals surface area contributed by atoms with E-state index in [9.17, 15) is 22.8 Å². The van der Waals surface area contributed by atoms with Crippen LogP contribution in [0.5, 0.6) is 5.75 Å². The van der Waals surface area contributed by atoms with Crippen LogP contribution in [-0.2, 0) is 10.9 Å². The Balaban J connectivity index is 1.27. The van der Waals surface area contributed by atoms with E-state index in [1.807, 2.05) is 6.07 Å². The third-order valence-corrected chi connectivity index (χ3v) is 6.54. The van der Waals surface area contributed by atoms with Crippen molar-refractivity contribution >= 4 is 17.6 Å². The molecular weight excluding hydrogens is 489 g/mol. The molecule has 2 aromatic carbocycles. The molecule has 0 bridgehead atoms. The molecule has 4 rings (SSSR count). The molecule has 200 valence electrons. The number of carbonyl (C=O) groups excluding carboxylic acids is 2. The van der Waals surface area contributed by atoms with Crippen molar-refractivity contribution in [2.75, 3.05) is 64.8 Å². The van der Waals surface area contributed by atoms with Crippen molar-refractivity contribution in [1.29, 1.82) is 0 Å². The molecule has 2 saturated heterocycles. The van der Waals surface area contributed by atoms with Crippen LogP contribution in [0, 0.1) is 0 Å². The average molecular weight is 521 g/mol. The highest BCUT2D eigenvalue weighted by Crippen LogP contribution is 2.29. The Kier molecular flexibility index (Phi) is 8.55. The summed E-state index contributed by atoms with van der Waals surface area (Å²) in [6.07, 6.45) is -3.86. The predicted octanol–water partition coefficient (Wildman–Crippen LogP) is 3.79. The largest absolute Gasteiger partial charge is 0.497 e. The summed E-state index contributed by atoms with van der Waals surface area (Å²) < 4.78 is 49.6. The minimum Gasteiger partial charge on any atom is -0.497 e. The zero-order chi connectivity index (χ0) is 26.4. The van der Waals surface area contributed by atoms with E-state index in [1.54, 1.807) is 35.1 Å². The highest BCUT2D eigenvalue weighted by molar-refractivity contribution is 5.94. The second-order valence-corrected chi connectivity index (χ2v) is 9.12. The SMILES string of the molecule is COc1cccc(NC(=O)N2CCOC(CN3CCCN(C(=O)c4ccc(C(F)(F)F)cc4)CC3)C2)c1. The minimum absolute atomic E-state index is 0.165. The van der Waals surface area contributed by atoms with Crippen LogP contribution in [0.3, 0.4) is 0 Å². The maximum Gasteiger partial charge on any atom is 0.416 e. The molecule has 3 amide bonds. The summed E-state index contributed by atoms with van der Waals surface area (Å²) in [7, 11) is 1.57. The van der Waals surface area contributed by atoms with Gasteiger partial charge in [-0.15, -0.1) is 0 Å². The summed E-state index contributed by atoms with van der Waals surface area (Å²) in [6.45, 7) is 4.34. The number of benzene rings is 2. The maximum atomic E-state index is 12.9. The number of halogens is 3. The quantitative estimate of drug-likeness (QED) is 0.650. The Morgan fingerprint density at radius 2 is 1.81 bits per heavy atom. The number of ether oxygens (including phenoxy) is 2. The van der Waals surface area contributed by atoms with E-state index in [2.05, 4.69) is 10.2 Å². The number of hydrogen-bond donors (Lipinski definition) is 1. The van der Waals surface area contributed by atoms with Crippen molar-refractivity contribution < 1.29 is 32.2 Å². The van der Waals surface area contributed by atoms with Gasteiger partial charge in [-0.2, -0.15) is 13.2 Å². The number of nitrogens with zero attached hydrogens (tertiary/aromatic N) is 3. The van der Waals surface area contributed by atoms with Gasteiger partial charge in [0, 0.05) is 56.6 Å². The molecule has 0 spiro atoms. The molecule has 11 heteroatoms. The summed E-state index contributed by atoms with van der Waals surface area (Å²) in [6, 6.07) is 11.3. The van der Waals surface area contributed by atoms with Crippen molar-refractivity contribution in [2.24, 2.45) is 0 Å². The van der Waals surface area contributed by atoms with Crippen LogP contribution in [0.25, 0.3) is 0 Å². The average Bonchev–Trinajstić information content (AvgIpc) is 3.13. The van der Waals surface area contributed by atoms with Crippen molar-refractivity contribution in [3.63, 3.8) is 0 Å². The van der Waals surface area contributed by atoms with Gasteiger partial charge < -0.3 is 24.6 Å². The first kappa shape index (κ1) is 26.7. The highest BCUT2D eigenvalue weighted by atomic mass is 19.4. The van der Waals surface area contributed by atoms with Crippen molar-refractivity contribution in [3.8, 4) is 5.75 Å². The van der Waals surface area contributed by atoms with Crippen LogP contribution in [0.15, 0.2) is 48.5 Å². The van der Waals surface area contributed by atoms with E-state index in [4.69, 9.17) is 9.47 Å². The smallest absolute Gasteiger partial charge is 0.416 e. The summed E-state index contributed by atoms with van der Waals surface area (Å²) in [5.41, 5.74) is 0.122. The molecule has 2 aliphatic rings. The van der Waals surface area contributed by atoms with Gasteiger partial charge in [-0.1, -0.05) is 6.07 Å². The molecule has 1 unspecified atom stereocenters. The maximum absolute atomic E-state index is 12.9. The number of rotatable bonds is 5. The molecule has 0 saturated carbocycles.